The maximum atomic E-state index is 13.5. The summed E-state index contributed by atoms with van der Waals surface area (Å²) in [7, 11) is 0. The van der Waals surface area contributed by atoms with E-state index in [1.807, 2.05) is 30.3 Å². The van der Waals surface area contributed by atoms with E-state index in [1.54, 1.807) is 6.92 Å². The number of pyridine rings is 1. The van der Waals surface area contributed by atoms with E-state index in [2.05, 4.69) is 6.07 Å². The molecule has 1 aromatic carbocycles. The number of aromatic nitrogens is 1. The van der Waals surface area contributed by atoms with E-state index >= 15 is 0 Å². The van der Waals surface area contributed by atoms with E-state index in [0.717, 1.165) is 27.7 Å². The molecule has 3 heterocycles. The van der Waals surface area contributed by atoms with Crippen LogP contribution in [0, 0.1) is 5.92 Å². The predicted molar refractivity (Wildman–Crippen MR) is 109 cm³/mol. The summed E-state index contributed by atoms with van der Waals surface area (Å²) >= 11 is 0. The van der Waals surface area contributed by atoms with Gasteiger partial charge in [-0.05, 0) is 42.2 Å². The Morgan fingerprint density at radius 3 is 2.87 bits per heavy atom. The summed E-state index contributed by atoms with van der Waals surface area (Å²) in [5.41, 5.74) is 2.55. The zero-order chi connectivity index (χ0) is 21.3. The Balaban J connectivity index is 1.51. The van der Waals surface area contributed by atoms with Gasteiger partial charge >= 0.3 is 11.9 Å². The molecule has 2 aliphatic carbocycles. The van der Waals surface area contributed by atoms with Gasteiger partial charge in [-0.1, -0.05) is 25.1 Å². The molecule has 31 heavy (non-hydrogen) atoms. The summed E-state index contributed by atoms with van der Waals surface area (Å²) in [6, 6.07) is 9.89. The molecule has 1 aromatic heterocycles. The Labute approximate surface area is 177 Å². The Morgan fingerprint density at radius 1 is 1.29 bits per heavy atom. The molecule has 0 spiro atoms. The summed E-state index contributed by atoms with van der Waals surface area (Å²) in [6.07, 6.45) is 1.88. The summed E-state index contributed by atoms with van der Waals surface area (Å²) in [4.78, 5) is 43.6. The zero-order valence-electron chi connectivity index (χ0n) is 16.8. The number of rotatable bonds is 3. The fourth-order valence-electron chi connectivity index (χ4n) is 4.85. The van der Waals surface area contributed by atoms with Crippen molar-refractivity contribution < 1.29 is 28.6 Å². The number of allylic oxidation sites excluding steroid dienone is 1. The molecule has 1 fully saturated rings. The van der Waals surface area contributed by atoms with Gasteiger partial charge in [0.2, 0.25) is 5.60 Å². The molecule has 0 bridgehead atoms. The lowest BCUT2D eigenvalue weighted by molar-refractivity contribution is -0.180. The number of fused-ring (bicyclic) bond motifs is 4. The van der Waals surface area contributed by atoms with E-state index in [1.165, 1.54) is 0 Å². The summed E-state index contributed by atoms with van der Waals surface area (Å²) < 4.78 is 16.0. The Bertz CT molecular complexity index is 1250. The summed E-state index contributed by atoms with van der Waals surface area (Å²) in [6.45, 7) is 1.89. The van der Waals surface area contributed by atoms with Crippen molar-refractivity contribution >= 4 is 34.2 Å². The number of carbonyl (C=O) groups excluding carboxylic acids is 3. The topological polar surface area (TPSA) is 95.1 Å². The highest BCUT2D eigenvalue weighted by molar-refractivity contribution is 6.12. The molecule has 2 unspecified atom stereocenters. The van der Waals surface area contributed by atoms with Crippen molar-refractivity contribution in [3.8, 4) is 0 Å². The monoisotopic (exact) mass is 417 g/mol. The third-order valence-corrected chi connectivity index (χ3v) is 6.60. The van der Waals surface area contributed by atoms with Crippen LogP contribution in [0.4, 0.5) is 0 Å². The van der Waals surface area contributed by atoms with Gasteiger partial charge in [0.15, 0.2) is 11.9 Å². The van der Waals surface area contributed by atoms with Crippen LogP contribution in [0.3, 0.4) is 0 Å². The van der Waals surface area contributed by atoms with Crippen molar-refractivity contribution in [3.05, 3.63) is 58.8 Å². The first-order chi connectivity index (χ1) is 15.0. The number of Topliss-reactive ketones (excluding diaryl/α,β-unsaturated/α-hetero) is 1. The van der Waals surface area contributed by atoms with Gasteiger partial charge in [0, 0.05) is 16.5 Å². The van der Waals surface area contributed by atoms with Crippen molar-refractivity contribution in [3.63, 3.8) is 0 Å². The third-order valence-electron chi connectivity index (χ3n) is 6.60. The number of epoxide rings is 1. The number of hydrogen-bond acceptors (Lipinski definition) is 7. The molecule has 7 heteroatoms. The minimum atomic E-state index is -1.65. The third kappa shape index (κ3) is 2.56. The highest BCUT2D eigenvalue weighted by Gasteiger charge is 2.55. The number of benzene rings is 1. The number of ketones is 1. The van der Waals surface area contributed by atoms with Crippen molar-refractivity contribution in [2.24, 2.45) is 5.92 Å². The second kappa shape index (κ2) is 6.34. The van der Waals surface area contributed by atoms with E-state index in [9.17, 15) is 14.4 Å². The smallest absolute Gasteiger partial charge is 0.355 e. The van der Waals surface area contributed by atoms with Crippen LogP contribution in [0.25, 0.3) is 16.5 Å². The highest BCUT2D eigenvalue weighted by atomic mass is 16.6. The maximum Gasteiger partial charge on any atom is 0.355 e. The molecule has 6 rings (SSSR count). The van der Waals surface area contributed by atoms with Gasteiger partial charge in [0.25, 0.3) is 0 Å². The molecule has 156 valence electrons. The van der Waals surface area contributed by atoms with Crippen molar-refractivity contribution in [1.82, 2.24) is 4.98 Å². The molecule has 7 nitrogen and oxygen atoms in total. The van der Waals surface area contributed by atoms with E-state index in [0.29, 0.717) is 17.6 Å². The lowest BCUT2D eigenvalue weighted by atomic mass is 9.75. The maximum absolute atomic E-state index is 13.5. The Morgan fingerprint density at radius 2 is 2.10 bits per heavy atom. The largest absolute Gasteiger partial charge is 0.457 e. The van der Waals surface area contributed by atoms with E-state index in [-0.39, 0.29) is 31.3 Å². The number of para-hydroxylation sites is 1. The average Bonchev–Trinajstić information content (AvgIpc) is 3.57. The van der Waals surface area contributed by atoms with E-state index < -0.39 is 23.6 Å². The van der Waals surface area contributed by atoms with Crippen LogP contribution in [0.1, 0.15) is 24.6 Å². The first kappa shape index (κ1) is 18.4. The van der Waals surface area contributed by atoms with Gasteiger partial charge in [0.05, 0.1) is 23.7 Å². The molecule has 2 aromatic rings. The van der Waals surface area contributed by atoms with Crippen molar-refractivity contribution in [2.45, 2.75) is 31.5 Å². The van der Waals surface area contributed by atoms with Crippen LogP contribution in [0.15, 0.2) is 47.6 Å². The van der Waals surface area contributed by atoms with Gasteiger partial charge in [0.1, 0.15) is 6.61 Å². The van der Waals surface area contributed by atoms with Gasteiger partial charge < -0.3 is 14.2 Å². The first-order valence-electron chi connectivity index (χ1n) is 10.4. The minimum Gasteiger partial charge on any atom is -0.457 e. The molecule has 2 aliphatic heterocycles. The number of hydrogen-bond donors (Lipinski definition) is 0. The quantitative estimate of drug-likeness (QED) is 0.559. The van der Waals surface area contributed by atoms with E-state index in [4.69, 9.17) is 19.2 Å². The molecule has 4 aliphatic rings. The molecular weight excluding hydrogens is 398 g/mol. The summed E-state index contributed by atoms with van der Waals surface area (Å²) in [5, 5.41) is 1.02. The van der Waals surface area contributed by atoms with Crippen LogP contribution in [0.2, 0.25) is 0 Å². The second-order valence-electron chi connectivity index (χ2n) is 8.30. The molecule has 3 atom stereocenters. The average molecular weight is 417 g/mol. The SMILES string of the molecule is CC[C@@]1(OC(=O)C2CO2)C(=O)OCC2=C1C=C1c3nc4ccccc4cc3CC1C2=O. The number of ether oxygens (including phenoxy) is 3. The molecule has 0 radical (unpaired) electrons. The van der Waals surface area contributed by atoms with Crippen molar-refractivity contribution in [1.29, 1.82) is 0 Å². The number of cyclic esters (lactones) is 1. The van der Waals surface area contributed by atoms with Crippen LogP contribution in [-0.2, 0) is 35.0 Å². The predicted octanol–water partition coefficient (Wildman–Crippen LogP) is 2.32. The minimum absolute atomic E-state index is 0.0985. The standard InChI is InChI=1S/C24H19NO6/c1-2-24(31-22(27)19-11-29-19)17-9-14-15(21(26)16(17)10-30-23(24)28)8-13-7-12-5-3-4-6-18(12)25-20(13)14/h3-7,9,15,19H,2,8,10-11H2,1H3/t15?,19?,24-/m0/s1. The number of esters is 2. The normalized spacial score (nSPS) is 28.5. The van der Waals surface area contributed by atoms with Gasteiger partial charge in [-0.3, -0.25) is 4.79 Å². The second-order valence-corrected chi connectivity index (χ2v) is 8.30. The van der Waals surface area contributed by atoms with Gasteiger partial charge in [-0.2, -0.15) is 0 Å². The van der Waals surface area contributed by atoms with Crippen LogP contribution in [0.5, 0.6) is 0 Å². The Hall–Kier alpha value is -3.32. The fraction of sp³-hybridized carbons (Fsp3) is 0.333. The first-order valence-corrected chi connectivity index (χ1v) is 10.4. The van der Waals surface area contributed by atoms with Crippen molar-refractivity contribution in [2.75, 3.05) is 13.2 Å². The number of carbonyl (C=O) groups is 3. The highest BCUT2D eigenvalue weighted by Crippen LogP contribution is 2.47. The van der Waals surface area contributed by atoms with Crippen LogP contribution >= 0.6 is 0 Å². The van der Waals surface area contributed by atoms with Crippen LogP contribution in [-0.4, -0.2) is 47.6 Å². The summed E-state index contributed by atoms with van der Waals surface area (Å²) in [5.74, 6) is -1.74. The van der Waals surface area contributed by atoms with Gasteiger partial charge in [-0.15, -0.1) is 0 Å². The molecule has 0 N–H and O–H groups in total. The molecular formula is C24H19NO6. The Kier molecular flexibility index (Phi) is 3.77. The lowest BCUT2D eigenvalue weighted by Crippen LogP contribution is -2.51. The molecule has 0 saturated carbocycles. The fourth-order valence-corrected chi connectivity index (χ4v) is 4.85. The number of nitrogens with zero attached hydrogens (tertiary/aromatic N) is 1. The zero-order valence-corrected chi connectivity index (χ0v) is 16.8. The van der Waals surface area contributed by atoms with Gasteiger partial charge in [-0.25, -0.2) is 14.6 Å². The molecule has 0 amide bonds. The van der Waals surface area contributed by atoms with Crippen LogP contribution < -0.4 is 0 Å². The molecule has 1 saturated heterocycles. The lowest BCUT2D eigenvalue weighted by Gasteiger charge is -2.38.